The molecule has 0 spiro atoms. The minimum atomic E-state index is 0.531. The Bertz CT molecular complexity index is 401. The van der Waals surface area contributed by atoms with Crippen molar-refractivity contribution in [1.29, 1.82) is 0 Å². The monoisotopic (exact) mass is 264 g/mol. The molecule has 0 radical (unpaired) electrons. The summed E-state index contributed by atoms with van der Waals surface area (Å²) in [6, 6.07) is 3.38. The van der Waals surface area contributed by atoms with E-state index in [1.807, 2.05) is 6.26 Å². The van der Waals surface area contributed by atoms with Crippen molar-refractivity contribution in [3.8, 4) is 0 Å². The van der Waals surface area contributed by atoms with Crippen molar-refractivity contribution >= 4 is 0 Å². The molecule has 1 saturated heterocycles. The van der Waals surface area contributed by atoms with Crippen molar-refractivity contribution < 1.29 is 9.15 Å². The molecule has 2 fully saturated rings. The molecule has 19 heavy (non-hydrogen) atoms. The summed E-state index contributed by atoms with van der Waals surface area (Å²) in [5.74, 6) is 1.12. The highest BCUT2D eigenvalue weighted by Crippen LogP contribution is 2.22. The Balaban J connectivity index is 1.59. The number of furan rings is 1. The van der Waals surface area contributed by atoms with Crippen LogP contribution in [0, 0.1) is 0 Å². The number of ether oxygens (including phenoxy) is 1. The van der Waals surface area contributed by atoms with Crippen molar-refractivity contribution in [1.82, 2.24) is 10.2 Å². The Hall–Kier alpha value is -0.840. The van der Waals surface area contributed by atoms with Crippen LogP contribution in [0.5, 0.6) is 0 Å². The van der Waals surface area contributed by atoms with Gasteiger partial charge in [-0.15, -0.1) is 0 Å². The average Bonchev–Trinajstić information content (AvgIpc) is 3.17. The summed E-state index contributed by atoms with van der Waals surface area (Å²) in [4.78, 5) is 2.49. The maximum Gasteiger partial charge on any atom is 0.122 e. The highest BCUT2D eigenvalue weighted by atomic mass is 16.5. The van der Waals surface area contributed by atoms with E-state index in [2.05, 4.69) is 23.2 Å². The lowest BCUT2D eigenvalue weighted by Crippen LogP contribution is -2.44. The lowest BCUT2D eigenvalue weighted by Gasteiger charge is -2.34. The Morgan fingerprint density at radius 3 is 3.11 bits per heavy atom. The van der Waals surface area contributed by atoms with E-state index in [0.29, 0.717) is 6.04 Å². The van der Waals surface area contributed by atoms with Crippen molar-refractivity contribution in [3.05, 3.63) is 23.7 Å². The summed E-state index contributed by atoms with van der Waals surface area (Å²) in [6.07, 6.45) is 5.61. The summed E-state index contributed by atoms with van der Waals surface area (Å²) in [7, 11) is 0. The van der Waals surface area contributed by atoms with Gasteiger partial charge in [0.15, 0.2) is 0 Å². The molecule has 3 rings (SSSR count). The molecular formula is C15H24N2O2. The number of rotatable bonds is 6. The molecule has 1 saturated carbocycles. The summed E-state index contributed by atoms with van der Waals surface area (Å²) in [6.45, 7) is 6.78. The lowest BCUT2D eigenvalue weighted by molar-refractivity contribution is -0.0155. The van der Waals surface area contributed by atoms with Crippen molar-refractivity contribution in [2.45, 2.75) is 51.4 Å². The number of nitrogens with one attached hydrogen (secondary N) is 1. The zero-order valence-electron chi connectivity index (χ0n) is 11.7. The van der Waals surface area contributed by atoms with Gasteiger partial charge in [-0.25, -0.2) is 0 Å². The normalized spacial score (nSPS) is 24.8. The Labute approximate surface area is 115 Å². The molecule has 1 N–H and O–H groups in total. The third-order valence-electron chi connectivity index (χ3n) is 4.16. The van der Waals surface area contributed by atoms with Crippen LogP contribution in [-0.4, -0.2) is 36.7 Å². The molecule has 4 heteroatoms. The fourth-order valence-corrected chi connectivity index (χ4v) is 2.66. The van der Waals surface area contributed by atoms with E-state index in [1.54, 1.807) is 0 Å². The molecule has 1 unspecified atom stereocenters. The predicted molar refractivity (Wildman–Crippen MR) is 73.9 cm³/mol. The SMILES string of the molecule is CCC1COCCN1Cc1occc1CNC1CC1. The van der Waals surface area contributed by atoms with Crippen LogP contribution in [0.4, 0.5) is 0 Å². The molecule has 106 valence electrons. The standard InChI is InChI=1S/C15H24N2O2/c1-2-14-11-18-8-6-17(14)10-15-12(5-7-19-15)9-16-13-3-4-13/h5,7,13-14,16H,2-4,6,8-11H2,1H3. The minimum absolute atomic E-state index is 0.531. The summed E-state index contributed by atoms with van der Waals surface area (Å²) in [5.41, 5.74) is 1.31. The first-order valence-corrected chi connectivity index (χ1v) is 7.47. The first kappa shape index (κ1) is 13.2. The van der Waals surface area contributed by atoms with Gasteiger partial charge in [-0.1, -0.05) is 6.92 Å². The summed E-state index contributed by atoms with van der Waals surface area (Å²) >= 11 is 0. The van der Waals surface area contributed by atoms with Gasteiger partial charge < -0.3 is 14.5 Å². The van der Waals surface area contributed by atoms with Crippen LogP contribution in [0.3, 0.4) is 0 Å². The molecule has 1 aromatic rings. The van der Waals surface area contributed by atoms with Crippen LogP contribution >= 0.6 is 0 Å². The molecule has 2 aliphatic rings. The van der Waals surface area contributed by atoms with Gasteiger partial charge in [0.05, 0.1) is 26.0 Å². The molecule has 1 aliphatic carbocycles. The Kier molecular flexibility index (Phi) is 4.21. The first-order chi connectivity index (χ1) is 9.36. The van der Waals surface area contributed by atoms with E-state index < -0.39 is 0 Å². The third kappa shape index (κ3) is 3.38. The number of morpholine rings is 1. The molecule has 0 amide bonds. The zero-order valence-corrected chi connectivity index (χ0v) is 11.7. The van der Waals surface area contributed by atoms with E-state index in [9.17, 15) is 0 Å². The third-order valence-corrected chi connectivity index (χ3v) is 4.16. The second-order valence-electron chi connectivity index (χ2n) is 5.63. The summed E-state index contributed by atoms with van der Waals surface area (Å²) < 4.78 is 11.2. The number of hydrogen-bond acceptors (Lipinski definition) is 4. The van der Waals surface area contributed by atoms with Gasteiger partial charge in [0, 0.05) is 30.7 Å². The van der Waals surface area contributed by atoms with E-state index in [0.717, 1.165) is 51.1 Å². The van der Waals surface area contributed by atoms with Crippen LogP contribution in [0.1, 0.15) is 37.5 Å². The van der Waals surface area contributed by atoms with Crippen molar-refractivity contribution in [2.24, 2.45) is 0 Å². The second-order valence-corrected chi connectivity index (χ2v) is 5.63. The molecule has 0 aromatic carbocycles. The van der Waals surface area contributed by atoms with Crippen LogP contribution in [-0.2, 0) is 17.8 Å². The van der Waals surface area contributed by atoms with Gasteiger partial charge in [-0.3, -0.25) is 4.90 Å². The molecular weight excluding hydrogens is 240 g/mol. The van der Waals surface area contributed by atoms with Crippen molar-refractivity contribution in [2.75, 3.05) is 19.8 Å². The number of hydrogen-bond donors (Lipinski definition) is 1. The second kappa shape index (κ2) is 6.07. The maximum absolute atomic E-state index is 5.69. The van der Waals surface area contributed by atoms with E-state index in [-0.39, 0.29) is 0 Å². The minimum Gasteiger partial charge on any atom is -0.468 e. The van der Waals surface area contributed by atoms with Gasteiger partial charge in [0.2, 0.25) is 0 Å². The molecule has 1 atom stereocenters. The fourth-order valence-electron chi connectivity index (χ4n) is 2.66. The van der Waals surface area contributed by atoms with E-state index >= 15 is 0 Å². The van der Waals surface area contributed by atoms with Crippen LogP contribution in [0.15, 0.2) is 16.7 Å². The molecule has 4 nitrogen and oxygen atoms in total. The van der Waals surface area contributed by atoms with Crippen LogP contribution in [0.2, 0.25) is 0 Å². The summed E-state index contributed by atoms with van der Waals surface area (Å²) in [5, 5.41) is 3.56. The van der Waals surface area contributed by atoms with Gasteiger partial charge in [-0.2, -0.15) is 0 Å². The largest absolute Gasteiger partial charge is 0.468 e. The smallest absolute Gasteiger partial charge is 0.122 e. The Morgan fingerprint density at radius 1 is 1.42 bits per heavy atom. The van der Waals surface area contributed by atoms with Crippen LogP contribution < -0.4 is 5.32 Å². The van der Waals surface area contributed by atoms with E-state index in [4.69, 9.17) is 9.15 Å². The quantitative estimate of drug-likeness (QED) is 0.854. The van der Waals surface area contributed by atoms with Crippen LogP contribution in [0.25, 0.3) is 0 Å². The van der Waals surface area contributed by atoms with Gasteiger partial charge >= 0.3 is 0 Å². The number of nitrogens with zero attached hydrogens (tertiary/aromatic N) is 1. The van der Waals surface area contributed by atoms with E-state index in [1.165, 1.54) is 18.4 Å². The first-order valence-electron chi connectivity index (χ1n) is 7.47. The average molecular weight is 264 g/mol. The topological polar surface area (TPSA) is 37.6 Å². The lowest BCUT2D eigenvalue weighted by atomic mass is 10.1. The van der Waals surface area contributed by atoms with Crippen molar-refractivity contribution in [3.63, 3.8) is 0 Å². The molecule has 1 aromatic heterocycles. The maximum atomic E-state index is 5.69. The highest BCUT2D eigenvalue weighted by molar-refractivity contribution is 5.17. The fraction of sp³-hybridized carbons (Fsp3) is 0.733. The van der Waals surface area contributed by atoms with Gasteiger partial charge in [0.1, 0.15) is 5.76 Å². The molecule has 1 aliphatic heterocycles. The van der Waals surface area contributed by atoms with Gasteiger partial charge in [0.25, 0.3) is 0 Å². The zero-order chi connectivity index (χ0) is 13.1. The highest BCUT2D eigenvalue weighted by Gasteiger charge is 2.24. The predicted octanol–water partition coefficient (Wildman–Crippen LogP) is 2.14. The Morgan fingerprint density at radius 2 is 2.32 bits per heavy atom. The molecule has 0 bridgehead atoms. The van der Waals surface area contributed by atoms with Gasteiger partial charge in [-0.05, 0) is 25.3 Å². The molecule has 2 heterocycles.